The SMILES string of the molecule is C=CCC(=O)N1[C@@H](C=CC(=O)O)CC[C@H]1c1cccc(Cl)c1. The van der Waals surface area contributed by atoms with Gasteiger partial charge in [0.2, 0.25) is 5.91 Å². The Hall–Kier alpha value is -2.07. The Morgan fingerprint density at radius 3 is 2.82 bits per heavy atom. The summed E-state index contributed by atoms with van der Waals surface area (Å²) >= 11 is 6.04. The third-order valence-electron chi connectivity index (χ3n) is 3.73. The van der Waals surface area contributed by atoms with Gasteiger partial charge < -0.3 is 10.0 Å². The van der Waals surface area contributed by atoms with Crippen LogP contribution < -0.4 is 0 Å². The minimum absolute atomic E-state index is 0.0579. The molecule has 0 bridgehead atoms. The maximum Gasteiger partial charge on any atom is 0.328 e. The van der Waals surface area contributed by atoms with Crippen LogP contribution >= 0.6 is 11.6 Å². The van der Waals surface area contributed by atoms with E-state index in [9.17, 15) is 9.59 Å². The van der Waals surface area contributed by atoms with Crippen molar-refractivity contribution in [3.63, 3.8) is 0 Å². The van der Waals surface area contributed by atoms with Crippen LogP contribution in [0.1, 0.15) is 30.9 Å². The molecule has 1 saturated heterocycles. The molecule has 2 atom stereocenters. The smallest absolute Gasteiger partial charge is 0.328 e. The van der Waals surface area contributed by atoms with Crippen LogP contribution in [0, 0.1) is 0 Å². The first-order chi connectivity index (χ1) is 10.5. The van der Waals surface area contributed by atoms with Gasteiger partial charge in [-0.2, -0.15) is 0 Å². The van der Waals surface area contributed by atoms with E-state index in [0.717, 1.165) is 24.5 Å². The van der Waals surface area contributed by atoms with E-state index >= 15 is 0 Å². The van der Waals surface area contributed by atoms with Gasteiger partial charge in [0.05, 0.1) is 12.1 Å². The Labute approximate surface area is 134 Å². The predicted molar refractivity (Wildman–Crippen MR) is 85.7 cm³/mol. The number of halogens is 1. The fourth-order valence-corrected chi connectivity index (χ4v) is 3.05. The van der Waals surface area contributed by atoms with Crippen LogP contribution in [0.5, 0.6) is 0 Å². The maximum absolute atomic E-state index is 12.4. The zero-order chi connectivity index (χ0) is 16.1. The van der Waals surface area contributed by atoms with Crippen molar-refractivity contribution in [3.05, 3.63) is 59.7 Å². The number of carboxylic acids is 1. The highest BCUT2D eigenvalue weighted by molar-refractivity contribution is 6.30. The molecule has 5 heteroatoms. The average molecular weight is 320 g/mol. The molecule has 1 amide bonds. The predicted octanol–water partition coefficient (Wildman–Crippen LogP) is 3.59. The summed E-state index contributed by atoms with van der Waals surface area (Å²) in [6, 6.07) is 7.13. The van der Waals surface area contributed by atoms with Gasteiger partial charge in [-0.1, -0.05) is 35.9 Å². The van der Waals surface area contributed by atoms with Crippen molar-refractivity contribution in [1.29, 1.82) is 0 Å². The van der Waals surface area contributed by atoms with Gasteiger partial charge >= 0.3 is 5.97 Å². The van der Waals surface area contributed by atoms with Crippen LogP contribution in [0.25, 0.3) is 0 Å². The highest BCUT2D eigenvalue weighted by atomic mass is 35.5. The molecule has 0 radical (unpaired) electrons. The summed E-state index contributed by atoms with van der Waals surface area (Å²) in [6.45, 7) is 3.60. The Bertz CT molecular complexity index is 612. The molecule has 0 spiro atoms. The second-order valence-electron chi connectivity index (χ2n) is 5.21. The molecule has 1 aliphatic heterocycles. The lowest BCUT2D eigenvalue weighted by Crippen LogP contribution is -2.36. The highest BCUT2D eigenvalue weighted by Gasteiger charge is 2.35. The zero-order valence-corrected chi connectivity index (χ0v) is 12.9. The van der Waals surface area contributed by atoms with E-state index in [1.165, 1.54) is 0 Å². The van der Waals surface area contributed by atoms with Gasteiger partial charge in [-0.15, -0.1) is 6.58 Å². The fourth-order valence-electron chi connectivity index (χ4n) is 2.85. The number of nitrogens with zero attached hydrogens (tertiary/aromatic N) is 1. The zero-order valence-electron chi connectivity index (χ0n) is 12.1. The van der Waals surface area contributed by atoms with E-state index < -0.39 is 5.97 Å². The van der Waals surface area contributed by atoms with Gasteiger partial charge in [0, 0.05) is 17.5 Å². The monoisotopic (exact) mass is 319 g/mol. The second kappa shape index (κ2) is 7.27. The molecule has 0 saturated carbocycles. The molecule has 116 valence electrons. The number of benzene rings is 1. The van der Waals surface area contributed by atoms with Crippen molar-refractivity contribution < 1.29 is 14.7 Å². The average Bonchev–Trinajstić information content (AvgIpc) is 2.89. The molecule has 2 rings (SSSR count). The van der Waals surface area contributed by atoms with Crippen molar-refractivity contribution >= 4 is 23.5 Å². The summed E-state index contributed by atoms with van der Waals surface area (Å²) in [4.78, 5) is 24.9. The van der Waals surface area contributed by atoms with E-state index in [1.807, 2.05) is 18.2 Å². The fraction of sp³-hybridized carbons (Fsp3) is 0.294. The molecule has 4 nitrogen and oxygen atoms in total. The largest absolute Gasteiger partial charge is 0.478 e. The minimum atomic E-state index is -1.01. The van der Waals surface area contributed by atoms with Crippen molar-refractivity contribution in [2.45, 2.75) is 31.3 Å². The number of aliphatic carboxylic acids is 1. The topological polar surface area (TPSA) is 57.6 Å². The van der Waals surface area contributed by atoms with Gasteiger partial charge in [-0.3, -0.25) is 4.79 Å². The number of amides is 1. The van der Waals surface area contributed by atoms with Gasteiger partial charge in [-0.05, 0) is 30.5 Å². The minimum Gasteiger partial charge on any atom is -0.478 e. The van der Waals surface area contributed by atoms with E-state index in [-0.39, 0.29) is 24.4 Å². The molecular formula is C17H18ClNO3. The first kappa shape index (κ1) is 16.3. The van der Waals surface area contributed by atoms with Crippen LogP contribution in [0.2, 0.25) is 5.02 Å². The number of hydrogen-bond acceptors (Lipinski definition) is 2. The third kappa shape index (κ3) is 3.77. The summed E-state index contributed by atoms with van der Waals surface area (Å²) in [5.41, 5.74) is 0.969. The standard InChI is InChI=1S/C17H18ClNO3/c1-2-4-16(20)19-14(8-10-17(21)22)7-9-15(19)12-5-3-6-13(18)11-12/h2-3,5-6,8,10-11,14-15H,1,4,7,9H2,(H,21,22)/t14-,15+/m1/s1. The van der Waals surface area contributed by atoms with Crippen LogP contribution in [-0.2, 0) is 9.59 Å². The Kier molecular flexibility index (Phi) is 5.39. The van der Waals surface area contributed by atoms with E-state index in [1.54, 1.807) is 23.1 Å². The lowest BCUT2D eigenvalue weighted by Gasteiger charge is -2.29. The molecule has 1 heterocycles. The Morgan fingerprint density at radius 2 is 2.18 bits per heavy atom. The molecule has 0 aliphatic carbocycles. The number of carbonyl (C=O) groups excluding carboxylic acids is 1. The van der Waals surface area contributed by atoms with Crippen molar-refractivity contribution in [2.24, 2.45) is 0 Å². The lowest BCUT2D eigenvalue weighted by molar-refractivity contribution is -0.133. The third-order valence-corrected chi connectivity index (χ3v) is 3.97. The normalized spacial score (nSPS) is 21.2. The molecule has 1 fully saturated rings. The lowest BCUT2D eigenvalue weighted by atomic mass is 10.0. The second-order valence-corrected chi connectivity index (χ2v) is 5.64. The number of carbonyl (C=O) groups is 2. The van der Waals surface area contributed by atoms with Crippen LogP contribution in [0.4, 0.5) is 0 Å². The van der Waals surface area contributed by atoms with Crippen molar-refractivity contribution in [1.82, 2.24) is 4.90 Å². The van der Waals surface area contributed by atoms with E-state index in [4.69, 9.17) is 16.7 Å². The van der Waals surface area contributed by atoms with E-state index in [2.05, 4.69) is 6.58 Å². The molecule has 22 heavy (non-hydrogen) atoms. The summed E-state index contributed by atoms with van der Waals surface area (Å²) < 4.78 is 0. The number of rotatable bonds is 5. The molecule has 1 N–H and O–H groups in total. The van der Waals surface area contributed by atoms with E-state index in [0.29, 0.717) is 5.02 Å². The molecule has 1 aromatic carbocycles. The molecule has 0 unspecified atom stereocenters. The first-order valence-electron chi connectivity index (χ1n) is 7.11. The number of hydrogen-bond donors (Lipinski definition) is 1. The maximum atomic E-state index is 12.4. The van der Waals surface area contributed by atoms with Crippen molar-refractivity contribution in [2.75, 3.05) is 0 Å². The summed E-state index contributed by atoms with van der Waals surface area (Å²) in [6.07, 6.45) is 5.97. The van der Waals surface area contributed by atoms with Gasteiger partial charge in [0.15, 0.2) is 0 Å². The molecular weight excluding hydrogens is 302 g/mol. The first-order valence-corrected chi connectivity index (χ1v) is 7.49. The summed E-state index contributed by atoms with van der Waals surface area (Å²) in [7, 11) is 0. The molecule has 1 aliphatic rings. The van der Waals surface area contributed by atoms with Gasteiger partial charge in [0.1, 0.15) is 0 Å². The quantitative estimate of drug-likeness (QED) is 0.666. The van der Waals surface area contributed by atoms with Crippen molar-refractivity contribution in [3.8, 4) is 0 Å². The molecule has 0 aromatic heterocycles. The van der Waals surface area contributed by atoms with Gasteiger partial charge in [0.25, 0.3) is 0 Å². The van der Waals surface area contributed by atoms with Crippen LogP contribution in [0.3, 0.4) is 0 Å². The number of likely N-dealkylation sites (tertiary alicyclic amines) is 1. The highest BCUT2D eigenvalue weighted by Crippen LogP contribution is 2.37. The van der Waals surface area contributed by atoms with Crippen LogP contribution in [-0.4, -0.2) is 27.9 Å². The Morgan fingerprint density at radius 1 is 1.41 bits per heavy atom. The summed E-state index contributed by atoms with van der Waals surface area (Å²) in [5, 5.41) is 9.42. The van der Waals surface area contributed by atoms with Gasteiger partial charge in [-0.25, -0.2) is 4.79 Å². The molecule has 1 aromatic rings. The van der Waals surface area contributed by atoms with Crippen LogP contribution in [0.15, 0.2) is 49.1 Å². The Balaban J connectivity index is 2.30. The summed E-state index contributed by atoms with van der Waals surface area (Å²) in [5.74, 6) is -1.07. The number of carboxylic acid groups (broad SMARTS) is 1.